The highest BCUT2D eigenvalue weighted by Gasteiger charge is 2.58. The average molecular weight is 541 g/mol. The first kappa shape index (κ1) is 29.3. The molecular weight excluding hydrogens is 495 g/mol. The van der Waals surface area contributed by atoms with Crippen molar-refractivity contribution in [2.75, 3.05) is 6.61 Å². The number of aryl methyl sites for hydroxylation is 1. The summed E-state index contributed by atoms with van der Waals surface area (Å²) in [4.78, 5) is 28.2. The number of Topliss-reactive ketones (excluding diaryl/α,β-unsaturated/α-hetero) is 1. The molecule has 1 saturated heterocycles. The zero-order chi connectivity index (χ0) is 28.8. The van der Waals surface area contributed by atoms with Crippen molar-refractivity contribution in [3.05, 3.63) is 58.7 Å². The standard InChI is InChI=1S/C32H45FN2O4/c1-21(2)22-12-13-25(33)23(18-22)10-9-11-28(36)27-15-14-26(34(27)8)24-16-17-32(19-24)20-38-31(6,7)35(32)29(37)39-30(3,4)5/h12-15,18,21,24H,9-11,16-17,19-20H2,1-8H3/t24-,32+/m0/s1. The molecule has 2 aliphatic rings. The number of amides is 1. The molecule has 1 spiro atoms. The monoisotopic (exact) mass is 540 g/mol. The van der Waals surface area contributed by atoms with Crippen LogP contribution < -0.4 is 0 Å². The van der Waals surface area contributed by atoms with Crippen LogP contribution in [0, 0.1) is 5.82 Å². The third kappa shape index (κ3) is 6.08. The molecular formula is C32H45FN2O4. The van der Waals surface area contributed by atoms with Gasteiger partial charge in [-0.25, -0.2) is 9.18 Å². The number of halogens is 1. The van der Waals surface area contributed by atoms with E-state index in [2.05, 4.69) is 13.8 Å². The maximum absolute atomic E-state index is 14.3. The summed E-state index contributed by atoms with van der Waals surface area (Å²) in [6.07, 6.45) is 3.63. The predicted octanol–water partition coefficient (Wildman–Crippen LogP) is 7.50. The maximum Gasteiger partial charge on any atom is 0.413 e. The van der Waals surface area contributed by atoms with Crippen molar-refractivity contribution in [2.24, 2.45) is 7.05 Å². The summed E-state index contributed by atoms with van der Waals surface area (Å²) in [5, 5.41) is 0. The molecule has 4 rings (SSSR count). The van der Waals surface area contributed by atoms with Crippen LogP contribution in [0.15, 0.2) is 30.3 Å². The van der Waals surface area contributed by atoms with E-state index in [1.54, 1.807) is 0 Å². The topological polar surface area (TPSA) is 60.8 Å². The second-order valence-corrected chi connectivity index (χ2v) is 13.2. The Morgan fingerprint density at radius 1 is 1.18 bits per heavy atom. The van der Waals surface area contributed by atoms with E-state index in [9.17, 15) is 14.0 Å². The molecule has 2 fully saturated rings. The van der Waals surface area contributed by atoms with Crippen molar-refractivity contribution in [3.63, 3.8) is 0 Å². The van der Waals surface area contributed by atoms with Gasteiger partial charge in [-0.2, -0.15) is 0 Å². The lowest BCUT2D eigenvalue weighted by Gasteiger charge is -2.40. The van der Waals surface area contributed by atoms with E-state index in [0.29, 0.717) is 43.0 Å². The molecule has 0 N–H and O–H groups in total. The van der Waals surface area contributed by atoms with Crippen molar-refractivity contribution < 1.29 is 23.5 Å². The molecule has 0 bridgehead atoms. The summed E-state index contributed by atoms with van der Waals surface area (Å²) in [6, 6.07) is 9.24. The van der Waals surface area contributed by atoms with Gasteiger partial charge < -0.3 is 14.0 Å². The lowest BCUT2D eigenvalue weighted by molar-refractivity contribution is -0.0688. The molecule has 1 amide bonds. The molecule has 1 aromatic carbocycles. The van der Waals surface area contributed by atoms with Gasteiger partial charge in [0.25, 0.3) is 0 Å². The summed E-state index contributed by atoms with van der Waals surface area (Å²) in [5.41, 5.74) is 1.79. The first-order chi connectivity index (χ1) is 18.1. The Kier molecular flexibility index (Phi) is 8.06. The minimum Gasteiger partial charge on any atom is -0.444 e. The average Bonchev–Trinajstić information content (AvgIpc) is 3.48. The van der Waals surface area contributed by atoms with Gasteiger partial charge >= 0.3 is 6.09 Å². The van der Waals surface area contributed by atoms with E-state index in [4.69, 9.17) is 9.47 Å². The van der Waals surface area contributed by atoms with Crippen molar-refractivity contribution in [3.8, 4) is 0 Å². The Morgan fingerprint density at radius 3 is 2.56 bits per heavy atom. The van der Waals surface area contributed by atoms with Gasteiger partial charge in [0.1, 0.15) is 17.1 Å². The Hall–Kier alpha value is -2.67. The van der Waals surface area contributed by atoms with Crippen LogP contribution in [0.1, 0.15) is 120 Å². The molecule has 1 aromatic heterocycles. The Balaban J connectivity index is 1.43. The highest BCUT2D eigenvalue weighted by atomic mass is 19.1. The van der Waals surface area contributed by atoms with Gasteiger partial charge in [0.2, 0.25) is 0 Å². The first-order valence-corrected chi connectivity index (χ1v) is 14.3. The maximum atomic E-state index is 14.3. The van der Waals surface area contributed by atoms with Gasteiger partial charge in [0, 0.05) is 25.1 Å². The van der Waals surface area contributed by atoms with Crippen molar-refractivity contribution >= 4 is 11.9 Å². The summed E-state index contributed by atoms with van der Waals surface area (Å²) in [6.45, 7) is 14.1. The molecule has 2 aromatic rings. The lowest BCUT2D eigenvalue weighted by Crippen LogP contribution is -2.55. The minimum atomic E-state index is -0.749. The number of aromatic nitrogens is 1. The molecule has 2 heterocycles. The smallest absolute Gasteiger partial charge is 0.413 e. The second kappa shape index (κ2) is 10.7. The zero-order valence-electron chi connectivity index (χ0n) is 24.9. The van der Waals surface area contributed by atoms with Gasteiger partial charge in [-0.05, 0) is 102 Å². The first-order valence-electron chi connectivity index (χ1n) is 14.3. The molecule has 0 radical (unpaired) electrons. The number of carbonyl (C=O) groups is 2. The van der Waals surface area contributed by atoms with Crippen LogP contribution in [-0.4, -0.2) is 44.8 Å². The summed E-state index contributed by atoms with van der Waals surface area (Å²) < 4.78 is 28.2. The molecule has 1 saturated carbocycles. The molecule has 39 heavy (non-hydrogen) atoms. The van der Waals surface area contributed by atoms with E-state index in [0.717, 1.165) is 30.5 Å². The van der Waals surface area contributed by atoms with E-state index in [1.165, 1.54) is 6.07 Å². The molecule has 2 atom stereocenters. The van der Waals surface area contributed by atoms with E-state index >= 15 is 0 Å². The molecule has 0 unspecified atom stereocenters. The number of hydrogen-bond donors (Lipinski definition) is 0. The summed E-state index contributed by atoms with van der Waals surface area (Å²) in [5.74, 6) is 0.396. The third-order valence-corrected chi connectivity index (χ3v) is 8.32. The van der Waals surface area contributed by atoms with Crippen LogP contribution >= 0.6 is 0 Å². The Bertz CT molecular complexity index is 1230. The number of hydrogen-bond acceptors (Lipinski definition) is 4. The van der Waals surface area contributed by atoms with Crippen LogP contribution in [0.25, 0.3) is 0 Å². The molecule has 214 valence electrons. The van der Waals surface area contributed by atoms with Crippen molar-refractivity contribution in [1.82, 2.24) is 9.47 Å². The Morgan fingerprint density at radius 2 is 1.90 bits per heavy atom. The molecule has 7 heteroatoms. The van der Waals surface area contributed by atoms with Crippen LogP contribution in [0.2, 0.25) is 0 Å². The fourth-order valence-corrected chi connectivity index (χ4v) is 6.35. The third-order valence-electron chi connectivity index (χ3n) is 8.32. The van der Waals surface area contributed by atoms with E-state index in [-0.39, 0.29) is 23.6 Å². The number of benzene rings is 1. The number of ether oxygens (including phenoxy) is 2. The van der Waals surface area contributed by atoms with Crippen LogP contribution in [-0.2, 0) is 22.9 Å². The van der Waals surface area contributed by atoms with Gasteiger partial charge in [-0.3, -0.25) is 9.69 Å². The fraction of sp³-hybridized carbons (Fsp3) is 0.625. The van der Waals surface area contributed by atoms with Gasteiger partial charge in [-0.1, -0.05) is 26.0 Å². The zero-order valence-corrected chi connectivity index (χ0v) is 24.9. The molecule has 6 nitrogen and oxygen atoms in total. The minimum absolute atomic E-state index is 0.0672. The van der Waals surface area contributed by atoms with Crippen LogP contribution in [0.5, 0.6) is 0 Å². The van der Waals surface area contributed by atoms with E-state index in [1.807, 2.05) is 75.4 Å². The number of ketones is 1. The summed E-state index contributed by atoms with van der Waals surface area (Å²) in [7, 11) is 1.94. The second-order valence-electron chi connectivity index (χ2n) is 13.2. The normalized spacial score (nSPS) is 22.7. The van der Waals surface area contributed by atoms with Crippen molar-refractivity contribution in [2.45, 2.75) is 116 Å². The lowest BCUT2D eigenvalue weighted by atomic mass is 9.93. The number of nitrogens with zero attached hydrogens (tertiary/aromatic N) is 2. The van der Waals surface area contributed by atoms with E-state index < -0.39 is 16.9 Å². The summed E-state index contributed by atoms with van der Waals surface area (Å²) >= 11 is 0. The SMILES string of the molecule is CC(C)c1ccc(F)c(CCCC(=O)c2ccc([C@H]3CC[C@]4(COC(C)(C)N4C(=O)OC(C)(C)C)C3)n2C)c1. The van der Waals surface area contributed by atoms with Gasteiger partial charge in [0.05, 0.1) is 17.8 Å². The van der Waals surface area contributed by atoms with Gasteiger partial charge in [-0.15, -0.1) is 0 Å². The number of carbonyl (C=O) groups excluding carboxylic acids is 2. The quantitative estimate of drug-likeness (QED) is 0.341. The highest BCUT2D eigenvalue weighted by Crippen LogP contribution is 2.51. The fourth-order valence-electron chi connectivity index (χ4n) is 6.35. The molecule has 1 aliphatic heterocycles. The predicted molar refractivity (Wildman–Crippen MR) is 151 cm³/mol. The number of rotatable bonds is 7. The van der Waals surface area contributed by atoms with Crippen molar-refractivity contribution in [1.29, 1.82) is 0 Å². The highest BCUT2D eigenvalue weighted by molar-refractivity contribution is 5.94. The molecule has 1 aliphatic carbocycles. The Labute approximate surface area is 232 Å². The van der Waals surface area contributed by atoms with Crippen LogP contribution in [0.3, 0.4) is 0 Å². The largest absolute Gasteiger partial charge is 0.444 e. The van der Waals surface area contributed by atoms with Gasteiger partial charge in [0.15, 0.2) is 5.78 Å². The van der Waals surface area contributed by atoms with Crippen LogP contribution in [0.4, 0.5) is 9.18 Å².